The third-order valence-electron chi connectivity index (χ3n) is 3.06. The summed E-state index contributed by atoms with van der Waals surface area (Å²) < 4.78 is 17.9. The van der Waals surface area contributed by atoms with Crippen molar-refractivity contribution in [2.24, 2.45) is 5.10 Å². The van der Waals surface area contributed by atoms with E-state index in [0.29, 0.717) is 17.0 Å². The van der Waals surface area contributed by atoms with Crippen LogP contribution in [-0.2, 0) is 9.59 Å². The van der Waals surface area contributed by atoms with E-state index in [4.69, 9.17) is 4.74 Å². The summed E-state index contributed by atoms with van der Waals surface area (Å²) in [4.78, 5) is 23.6. The molecule has 0 heterocycles. The van der Waals surface area contributed by atoms with Gasteiger partial charge in [-0.2, -0.15) is 5.10 Å². The largest absolute Gasteiger partial charge is 0.495 e. The minimum Gasteiger partial charge on any atom is -0.495 e. The van der Waals surface area contributed by atoms with E-state index in [1.54, 1.807) is 12.1 Å². The molecular weight excluding hydrogens is 313 g/mol. The van der Waals surface area contributed by atoms with Crippen LogP contribution in [0.5, 0.6) is 5.75 Å². The van der Waals surface area contributed by atoms with Crippen molar-refractivity contribution in [2.75, 3.05) is 12.4 Å². The highest BCUT2D eigenvalue weighted by Gasteiger charge is 2.15. The van der Waals surface area contributed by atoms with Gasteiger partial charge in [-0.15, -0.1) is 0 Å². The van der Waals surface area contributed by atoms with E-state index in [1.807, 2.05) is 13.0 Å². The number of carbonyl (C=O) groups is 2. The molecule has 2 aromatic carbocycles. The third kappa shape index (κ3) is 4.64. The lowest BCUT2D eigenvalue weighted by Gasteiger charge is -2.10. The molecule has 0 fully saturated rings. The monoisotopic (exact) mass is 329 g/mol. The number of benzene rings is 2. The van der Waals surface area contributed by atoms with Crippen LogP contribution in [0.2, 0.25) is 0 Å². The Labute approximate surface area is 138 Å². The summed E-state index contributed by atoms with van der Waals surface area (Å²) in [6, 6.07) is 10.7. The Hall–Kier alpha value is -3.22. The number of aryl methyl sites for hydroxylation is 1. The average Bonchev–Trinajstić information content (AvgIpc) is 2.56. The summed E-state index contributed by atoms with van der Waals surface area (Å²) in [6.45, 7) is 1.85. The first kappa shape index (κ1) is 17.1. The second kappa shape index (κ2) is 7.87. The summed E-state index contributed by atoms with van der Waals surface area (Å²) >= 11 is 0. The molecule has 2 amide bonds. The highest BCUT2D eigenvalue weighted by molar-refractivity contribution is 6.39. The van der Waals surface area contributed by atoms with Gasteiger partial charge in [0, 0.05) is 0 Å². The Morgan fingerprint density at radius 2 is 1.83 bits per heavy atom. The molecule has 0 saturated carbocycles. The number of hydrogen-bond acceptors (Lipinski definition) is 4. The number of hydrazone groups is 1. The molecule has 0 bridgehead atoms. The number of ether oxygens (including phenoxy) is 1. The zero-order chi connectivity index (χ0) is 17.5. The number of methoxy groups -OCH3 is 1. The van der Waals surface area contributed by atoms with Gasteiger partial charge in [-0.3, -0.25) is 9.59 Å². The quantitative estimate of drug-likeness (QED) is 0.513. The van der Waals surface area contributed by atoms with Gasteiger partial charge in [-0.05, 0) is 42.3 Å². The molecule has 0 aliphatic heterocycles. The first-order valence-electron chi connectivity index (χ1n) is 7.04. The summed E-state index contributed by atoms with van der Waals surface area (Å²) in [5, 5.41) is 6.11. The van der Waals surface area contributed by atoms with Gasteiger partial charge in [0.1, 0.15) is 11.6 Å². The lowest BCUT2D eigenvalue weighted by molar-refractivity contribution is -0.136. The van der Waals surface area contributed by atoms with Crippen molar-refractivity contribution in [3.63, 3.8) is 0 Å². The molecule has 0 aromatic heterocycles. The van der Waals surface area contributed by atoms with Crippen molar-refractivity contribution in [3.8, 4) is 5.75 Å². The number of nitrogens with zero attached hydrogens (tertiary/aromatic N) is 1. The van der Waals surface area contributed by atoms with E-state index in [2.05, 4.69) is 15.8 Å². The molecule has 6 nitrogen and oxygen atoms in total. The Morgan fingerprint density at radius 3 is 2.50 bits per heavy atom. The fourth-order valence-electron chi connectivity index (χ4n) is 1.86. The molecule has 0 atom stereocenters. The molecule has 2 aromatic rings. The van der Waals surface area contributed by atoms with E-state index in [0.717, 1.165) is 5.56 Å². The van der Waals surface area contributed by atoms with E-state index in [-0.39, 0.29) is 5.82 Å². The molecular formula is C17H16FN3O3. The zero-order valence-corrected chi connectivity index (χ0v) is 13.2. The van der Waals surface area contributed by atoms with Crippen LogP contribution >= 0.6 is 0 Å². The first-order valence-corrected chi connectivity index (χ1v) is 7.04. The number of nitrogens with one attached hydrogen (secondary N) is 2. The molecule has 0 saturated heterocycles. The molecule has 2 N–H and O–H groups in total. The summed E-state index contributed by atoms with van der Waals surface area (Å²) in [6.07, 6.45) is 1.30. The molecule has 7 heteroatoms. The molecule has 0 spiro atoms. The van der Waals surface area contributed by atoms with Crippen molar-refractivity contribution < 1.29 is 18.7 Å². The standard InChI is InChI=1S/C17H16FN3O3/c1-11-3-8-15(24-2)14(9-11)20-16(22)17(23)21-19-10-12-4-6-13(18)7-5-12/h3-10H,1-2H3,(H,20,22)(H,21,23)/b19-10-. The maximum absolute atomic E-state index is 12.8. The lowest BCUT2D eigenvalue weighted by atomic mass is 10.2. The molecule has 0 aliphatic carbocycles. The van der Waals surface area contributed by atoms with Gasteiger partial charge in [0.25, 0.3) is 0 Å². The Morgan fingerprint density at radius 1 is 1.12 bits per heavy atom. The van der Waals surface area contributed by atoms with Crippen LogP contribution in [0.25, 0.3) is 0 Å². The smallest absolute Gasteiger partial charge is 0.329 e. The van der Waals surface area contributed by atoms with Gasteiger partial charge >= 0.3 is 11.8 Å². The molecule has 0 radical (unpaired) electrons. The van der Waals surface area contributed by atoms with Crippen LogP contribution in [0.1, 0.15) is 11.1 Å². The zero-order valence-electron chi connectivity index (χ0n) is 13.2. The van der Waals surface area contributed by atoms with Gasteiger partial charge in [-0.1, -0.05) is 18.2 Å². The van der Waals surface area contributed by atoms with Crippen LogP contribution < -0.4 is 15.5 Å². The van der Waals surface area contributed by atoms with Crippen molar-refractivity contribution in [1.29, 1.82) is 0 Å². The van der Waals surface area contributed by atoms with Gasteiger partial charge < -0.3 is 10.1 Å². The van der Waals surface area contributed by atoms with Crippen LogP contribution in [0.3, 0.4) is 0 Å². The maximum Gasteiger partial charge on any atom is 0.329 e. The van der Waals surface area contributed by atoms with E-state index < -0.39 is 11.8 Å². The van der Waals surface area contributed by atoms with E-state index in [1.165, 1.54) is 37.6 Å². The number of halogens is 1. The maximum atomic E-state index is 12.8. The Bertz CT molecular complexity index is 773. The predicted octanol–water partition coefficient (Wildman–Crippen LogP) is 2.23. The molecule has 2 rings (SSSR count). The molecule has 24 heavy (non-hydrogen) atoms. The van der Waals surface area contributed by atoms with Crippen LogP contribution in [0.15, 0.2) is 47.6 Å². The number of anilines is 1. The summed E-state index contributed by atoms with van der Waals surface area (Å²) in [7, 11) is 1.47. The highest BCUT2D eigenvalue weighted by Crippen LogP contribution is 2.24. The van der Waals surface area contributed by atoms with Crippen LogP contribution in [-0.4, -0.2) is 25.1 Å². The van der Waals surface area contributed by atoms with Crippen LogP contribution in [0.4, 0.5) is 10.1 Å². The van der Waals surface area contributed by atoms with Crippen molar-refractivity contribution in [3.05, 3.63) is 59.4 Å². The normalized spacial score (nSPS) is 10.5. The summed E-state index contributed by atoms with van der Waals surface area (Å²) in [5.74, 6) is -1.74. The van der Waals surface area contributed by atoms with Gasteiger partial charge in [-0.25, -0.2) is 9.82 Å². The topological polar surface area (TPSA) is 79.8 Å². The second-order valence-electron chi connectivity index (χ2n) is 4.91. The van der Waals surface area contributed by atoms with Crippen molar-refractivity contribution in [2.45, 2.75) is 6.92 Å². The SMILES string of the molecule is COc1ccc(C)cc1NC(=O)C(=O)N/N=C\c1ccc(F)cc1. The minimum absolute atomic E-state index is 0.373. The third-order valence-corrected chi connectivity index (χ3v) is 3.06. The van der Waals surface area contributed by atoms with E-state index in [9.17, 15) is 14.0 Å². The van der Waals surface area contributed by atoms with Crippen LogP contribution in [0, 0.1) is 12.7 Å². The molecule has 0 aliphatic rings. The number of amides is 2. The highest BCUT2D eigenvalue weighted by atomic mass is 19.1. The van der Waals surface area contributed by atoms with Gasteiger partial charge in [0.2, 0.25) is 0 Å². The van der Waals surface area contributed by atoms with Gasteiger partial charge in [0.05, 0.1) is 19.0 Å². The Balaban J connectivity index is 1.96. The fraction of sp³-hybridized carbons (Fsp3) is 0.118. The Kier molecular flexibility index (Phi) is 5.62. The number of rotatable bonds is 4. The minimum atomic E-state index is -0.933. The average molecular weight is 329 g/mol. The predicted molar refractivity (Wildman–Crippen MR) is 88.5 cm³/mol. The fourth-order valence-corrected chi connectivity index (χ4v) is 1.86. The van der Waals surface area contributed by atoms with Gasteiger partial charge in [0.15, 0.2) is 0 Å². The number of carbonyl (C=O) groups excluding carboxylic acids is 2. The summed E-state index contributed by atoms with van der Waals surface area (Å²) in [5.41, 5.74) is 3.98. The molecule has 0 unspecified atom stereocenters. The second-order valence-corrected chi connectivity index (χ2v) is 4.91. The van der Waals surface area contributed by atoms with Crippen molar-refractivity contribution in [1.82, 2.24) is 5.43 Å². The number of hydrogen-bond donors (Lipinski definition) is 2. The van der Waals surface area contributed by atoms with E-state index >= 15 is 0 Å². The first-order chi connectivity index (χ1) is 11.5. The van der Waals surface area contributed by atoms with Crippen molar-refractivity contribution >= 4 is 23.7 Å². The molecule has 124 valence electrons. The lowest BCUT2D eigenvalue weighted by Crippen LogP contribution is -2.32.